The van der Waals surface area contributed by atoms with Gasteiger partial charge in [0.15, 0.2) is 0 Å². The molecule has 2 heterocycles. The molecule has 3 aromatic rings. The van der Waals surface area contributed by atoms with Crippen molar-refractivity contribution in [2.24, 2.45) is 5.10 Å². The van der Waals surface area contributed by atoms with Crippen LogP contribution < -0.4 is 5.32 Å². The third kappa shape index (κ3) is 3.90. The molecule has 0 aliphatic carbocycles. The molecule has 1 N–H and O–H groups in total. The Kier molecular flexibility index (Phi) is 5.39. The second kappa shape index (κ2) is 8.28. The van der Waals surface area contributed by atoms with E-state index in [9.17, 15) is 9.59 Å². The third-order valence-corrected chi connectivity index (χ3v) is 4.84. The van der Waals surface area contributed by atoms with Crippen LogP contribution in [0.15, 0.2) is 65.8 Å². The van der Waals surface area contributed by atoms with E-state index < -0.39 is 0 Å². The second-order valence-corrected chi connectivity index (χ2v) is 6.79. The quantitative estimate of drug-likeness (QED) is 0.656. The number of hydrogen-bond acceptors (Lipinski definition) is 4. The van der Waals surface area contributed by atoms with Gasteiger partial charge in [-0.3, -0.25) is 9.59 Å². The SMILES string of the molecule is COCCNC(=O)CN1N=C(c2ccccc2)Cn2c(cc3ccccc32)C1=O. The number of nitrogens with one attached hydrogen (secondary N) is 1. The number of para-hydroxylation sites is 1. The fourth-order valence-corrected chi connectivity index (χ4v) is 3.43. The van der Waals surface area contributed by atoms with Gasteiger partial charge in [-0.15, -0.1) is 0 Å². The van der Waals surface area contributed by atoms with Crippen LogP contribution in [-0.4, -0.2) is 53.9 Å². The van der Waals surface area contributed by atoms with Gasteiger partial charge < -0.3 is 14.6 Å². The van der Waals surface area contributed by atoms with Gasteiger partial charge in [-0.05, 0) is 17.7 Å². The van der Waals surface area contributed by atoms with Crippen molar-refractivity contribution in [2.45, 2.75) is 6.54 Å². The van der Waals surface area contributed by atoms with E-state index in [1.54, 1.807) is 7.11 Å². The smallest absolute Gasteiger partial charge is 0.291 e. The predicted molar refractivity (Wildman–Crippen MR) is 111 cm³/mol. The highest BCUT2D eigenvalue weighted by Gasteiger charge is 2.27. The Morgan fingerprint density at radius 1 is 1.14 bits per heavy atom. The number of hydrogen-bond donors (Lipinski definition) is 1. The first-order valence-corrected chi connectivity index (χ1v) is 9.46. The summed E-state index contributed by atoms with van der Waals surface area (Å²) < 4.78 is 6.92. The van der Waals surface area contributed by atoms with Crippen LogP contribution in [-0.2, 0) is 16.1 Å². The number of hydrazone groups is 1. The van der Waals surface area contributed by atoms with Crippen LogP contribution in [0, 0.1) is 0 Å². The number of ether oxygens (including phenoxy) is 1. The molecule has 148 valence electrons. The number of amides is 2. The van der Waals surface area contributed by atoms with Gasteiger partial charge in [-0.2, -0.15) is 5.10 Å². The lowest BCUT2D eigenvalue weighted by Gasteiger charge is -2.16. The van der Waals surface area contributed by atoms with E-state index in [1.165, 1.54) is 5.01 Å². The highest BCUT2D eigenvalue weighted by molar-refractivity contribution is 6.07. The van der Waals surface area contributed by atoms with Gasteiger partial charge in [0.05, 0.1) is 18.9 Å². The van der Waals surface area contributed by atoms with Crippen LogP contribution in [0.4, 0.5) is 0 Å². The van der Waals surface area contributed by atoms with Crippen molar-refractivity contribution in [3.8, 4) is 0 Å². The molecule has 0 saturated carbocycles. The normalized spacial score (nSPS) is 13.8. The fraction of sp³-hybridized carbons (Fsp3) is 0.227. The van der Waals surface area contributed by atoms with Gasteiger partial charge in [0.2, 0.25) is 5.91 Å². The Morgan fingerprint density at radius 2 is 1.90 bits per heavy atom. The molecule has 4 rings (SSSR count). The van der Waals surface area contributed by atoms with Crippen molar-refractivity contribution in [3.63, 3.8) is 0 Å². The highest BCUT2D eigenvalue weighted by Crippen LogP contribution is 2.24. The zero-order valence-electron chi connectivity index (χ0n) is 16.2. The first-order valence-electron chi connectivity index (χ1n) is 9.46. The van der Waals surface area contributed by atoms with E-state index in [1.807, 2.05) is 65.2 Å². The highest BCUT2D eigenvalue weighted by atomic mass is 16.5. The summed E-state index contributed by atoms with van der Waals surface area (Å²) >= 11 is 0. The van der Waals surface area contributed by atoms with Crippen molar-refractivity contribution in [3.05, 3.63) is 71.9 Å². The van der Waals surface area contributed by atoms with Crippen LogP contribution in [0.25, 0.3) is 10.9 Å². The van der Waals surface area contributed by atoms with Gasteiger partial charge in [-0.1, -0.05) is 48.5 Å². The molecule has 0 atom stereocenters. The fourth-order valence-electron chi connectivity index (χ4n) is 3.43. The largest absolute Gasteiger partial charge is 0.383 e. The van der Waals surface area contributed by atoms with Gasteiger partial charge in [-0.25, -0.2) is 5.01 Å². The summed E-state index contributed by atoms with van der Waals surface area (Å²) in [4.78, 5) is 25.6. The molecule has 2 amide bonds. The maximum absolute atomic E-state index is 13.2. The summed E-state index contributed by atoms with van der Waals surface area (Å²) in [6.07, 6.45) is 0. The molecule has 2 aromatic carbocycles. The minimum atomic E-state index is -0.297. The minimum absolute atomic E-state index is 0.152. The summed E-state index contributed by atoms with van der Waals surface area (Å²) in [5.74, 6) is -0.579. The lowest BCUT2D eigenvalue weighted by Crippen LogP contribution is -2.39. The van der Waals surface area contributed by atoms with Gasteiger partial charge >= 0.3 is 0 Å². The zero-order chi connectivity index (χ0) is 20.2. The Morgan fingerprint density at radius 3 is 2.69 bits per heavy atom. The number of methoxy groups -OCH3 is 1. The Bertz CT molecular complexity index is 1070. The molecule has 1 aromatic heterocycles. The molecule has 0 bridgehead atoms. The van der Waals surface area contributed by atoms with E-state index >= 15 is 0 Å². The molecular formula is C22H22N4O3. The van der Waals surface area contributed by atoms with E-state index in [-0.39, 0.29) is 18.4 Å². The molecule has 1 aliphatic rings. The molecule has 7 nitrogen and oxygen atoms in total. The average Bonchev–Trinajstić information content (AvgIpc) is 3.05. The molecule has 0 fully saturated rings. The maximum Gasteiger partial charge on any atom is 0.291 e. The number of carbonyl (C=O) groups excluding carboxylic acids is 2. The van der Waals surface area contributed by atoms with Crippen LogP contribution in [0.2, 0.25) is 0 Å². The summed E-state index contributed by atoms with van der Waals surface area (Å²) in [6.45, 7) is 1.08. The monoisotopic (exact) mass is 390 g/mol. The molecular weight excluding hydrogens is 368 g/mol. The second-order valence-electron chi connectivity index (χ2n) is 6.79. The minimum Gasteiger partial charge on any atom is -0.383 e. The number of benzene rings is 2. The molecule has 0 radical (unpaired) electrons. The summed E-state index contributed by atoms with van der Waals surface area (Å²) in [5, 5.41) is 9.55. The summed E-state index contributed by atoms with van der Waals surface area (Å²) in [7, 11) is 1.57. The molecule has 7 heteroatoms. The van der Waals surface area contributed by atoms with Crippen molar-refractivity contribution in [2.75, 3.05) is 26.8 Å². The van der Waals surface area contributed by atoms with E-state index in [0.29, 0.717) is 25.4 Å². The number of aromatic nitrogens is 1. The Hall–Kier alpha value is -3.45. The van der Waals surface area contributed by atoms with Crippen LogP contribution in [0.1, 0.15) is 16.1 Å². The predicted octanol–water partition coefficient (Wildman–Crippen LogP) is 2.26. The molecule has 0 unspecified atom stereocenters. The van der Waals surface area contributed by atoms with Crippen LogP contribution in [0.3, 0.4) is 0 Å². The van der Waals surface area contributed by atoms with E-state index in [2.05, 4.69) is 10.4 Å². The van der Waals surface area contributed by atoms with Crippen LogP contribution in [0.5, 0.6) is 0 Å². The average molecular weight is 390 g/mol. The Balaban J connectivity index is 1.73. The lowest BCUT2D eigenvalue weighted by molar-refractivity contribution is -0.122. The number of fused-ring (bicyclic) bond motifs is 3. The summed E-state index contributed by atoms with van der Waals surface area (Å²) in [5.41, 5.74) is 3.12. The van der Waals surface area contributed by atoms with Gasteiger partial charge in [0.1, 0.15) is 12.2 Å². The van der Waals surface area contributed by atoms with E-state index in [4.69, 9.17) is 4.74 Å². The zero-order valence-corrected chi connectivity index (χ0v) is 16.2. The van der Waals surface area contributed by atoms with Crippen molar-refractivity contribution in [1.29, 1.82) is 0 Å². The molecule has 0 spiro atoms. The summed E-state index contributed by atoms with van der Waals surface area (Å²) in [6, 6.07) is 19.4. The van der Waals surface area contributed by atoms with Crippen LogP contribution >= 0.6 is 0 Å². The topological polar surface area (TPSA) is 75.9 Å². The first kappa shape index (κ1) is 18.9. The third-order valence-electron chi connectivity index (χ3n) is 4.84. The van der Waals surface area contributed by atoms with Crippen molar-refractivity contribution >= 4 is 28.4 Å². The molecule has 29 heavy (non-hydrogen) atoms. The van der Waals surface area contributed by atoms with Gasteiger partial charge in [0, 0.05) is 24.6 Å². The number of rotatable bonds is 6. The van der Waals surface area contributed by atoms with Crippen molar-refractivity contribution in [1.82, 2.24) is 14.9 Å². The van der Waals surface area contributed by atoms with E-state index in [0.717, 1.165) is 22.2 Å². The number of nitrogens with zero attached hydrogens (tertiary/aromatic N) is 3. The molecule has 1 aliphatic heterocycles. The standard InChI is InChI=1S/C22H22N4O3/c1-29-12-11-23-21(27)15-26-22(28)20-13-17-9-5-6-10-19(17)25(20)14-18(24-26)16-7-3-2-4-8-16/h2-10,13H,11-12,14-15H2,1H3,(H,23,27). The maximum atomic E-state index is 13.2. The first-order chi connectivity index (χ1) is 14.2. The molecule has 0 saturated heterocycles. The van der Waals surface area contributed by atoms with Gasteiger partial charge in [0.25, 0.3) is 5.91 Å². The number of carbonyl (C=O) groups is 2. The lowest BCUT2D eigenvalue weighted by atomic mass is 10.1. The Labute approximate surface area is 168 Å². The van der Waals surface area contributed by atoms with Crippen molar-refractivity contribution < 1.29 is 14.3 Å².